The van der Waals surface area contributed by atoms with E-state index in [4.69, 9.17) is 4.74 Å². The van der Waals surface area contributed by atoms with Gasteiger partial charge in [0.2, 0.25) is 0 Å². The first-order chi connectivity index (χ1) is 6.77. The van der Waals surface area contributed by atoms with Gasteiger partial charge in [-0.2, -0.15) is 0 Å². The van der Waals surface area contributed by atoms with Crippen molar-refractivity contribution in [3.05, 3.63) is 22.8 Å². The molecule has 1 aliphatic rings. The van der Waals surface area contributed by atoms with Crippen molar-refractivity contribution in [3.63, 3.8) is 0 Å². The van der Waals surface area contributed by atoms with E-state index in [1.54, 1.807) is 11.8 Å². The summed E-state index contributed by atoms with van der Waals surface area (Å²) in [6.07, 6.45) is 3.29. The molecule has 0 spiro atoms. The number of ether oxygens (including phenoxy) is 1. The largest absolute Gasteiger partial charge is 0.377 e. The van der Waals surface area contributed by atoms with Gasteiger partial charge in [0.1, 0.15) is 5.03 Å². The molecule has 0 bridgehead atoms. The summed E-state index contributed by atoms with van der Waals surface area (Å²) in [5, 5.41) is 1.61. The number of rotatable bonds is 2. The Morgan fingerprint density at radius 3 is 3.14 bits per heavy atom. The monoisotopic (exact) mass is 273 g/mol. The molecule has 2 nitrogen and oxygen atoms in total. The van der Waals surface area contributed by atoms with Crippen LogP contribution in [0.25, 0.3) is 0 Å². The molecule has 1 aromatic heterocycles. The van der Waals surface area contributed by atoms with E-state index in [-0.39, 0.29) is 0 Å². The zero-order valence-electron chi connectivity index (χ0n) is 7.94. The van der Waals surface area contributed by atoms with Crippen LogP contribution in [-0.4, -0.2) is 22.9 Å². The summed E-state index contributed by atoms with van der Waals surface area (Å²) in [7, 11) is 0. The minimum Gasteiger partial charge on any atom is -0.377 e. The lowest BCUT2D eigenvalue weighted by molar-refractivity contribution is 0.127. The summed E-state index contributed by atoms with van der Waals surface area (Å²) in [5.41, 5.74) is 0. The van der Waals surface area contributed by atoms with Gasteiger partial charge >= 0.3 is 0 Å². The Bertz CT molecular complexity index is 321. The van der Waals surface area contributed by atoms with Crippen LogP contribution in [0.5, 0.6) is 0 Å². The Morgan fingerprint density at radius 1 is 1.64 bits per heavy atom. The molecule has 1 aromatic rings. The number of hydrogen-bond donors (Lipinski definition) is 0. The van der Waals surface area contributed by atoms with Gasteiger partial charge in [0, 0.05) is 22.5 Å². The lowest BCUT2D eigenvalue weighted by Gasteiger charge is -2.13. The molecule has 2 rings (SSSR count). The Morgan fingerprint density at radius 2 is 2.50 bits per heavy atom. The number of thioether (sulfide) groups is 1. The van der Waals surface area contributed by atoms with Crippen LogP contribution in [0.1, 0.15) is 13.3 Å². The summed E-state index contributed by atoms with van der Waals surface area (Å²) in [6.45, 7) is 3.00. The van der Waals surface area contributed by atoms with Gasteiger partial charge in [0.25, 0.3) is 0 Å². The number of hydrogen-bond acceptors (Lipinski definition) is 3. The van der Waals surface area contributed by atoms with Crippen LogP contribution in [0.3, 0.4) is 0 Å². The highest BCUT2D eigenvalue weighted by atomic mass is 79.9. The molecule has 4 heteroatoms. The molecule has 2 atom stereocenters. The summed E-state index contributed by atoms with van der Waals surface area (Å²) in [4.78, 5) is 4.34. The Labute approximate surface area is 96.6 Å². The van der Waals surface area contributed by atoms with Crippen molar-refractivity contribution in [3.8, 4) is 0 Å². The second kappa shape index (κ2) is 4.64. The lowest BCUT2D eigenvalue weighted by Crippen LogP contribution is -2.13. The molecule has 1 aliphatic heterocycles. The molecular weight excluding hydrogens is 262 g/mol. The van der Waals surface area contributed by atoms with E-state index in [0.717, 1.165) is 22.5 Å². The number of aromatic nitrogens is 1. The van der Waals surface area contributed by atoms with Gasteiger partial charge < -0.3 is 4.74 Å². The van der Waals surface area contributed by atoms with E-state index in [1.165, 1.54) is 0 Å². The number of halogens is 1. The van der Waals surface area contributed by atoms with E-state index in [1.807, 2.05) is 18.3 Å². The fourth-order valence-corrected chi connectivity index (χ4v) is 3.08. The molecule has 0 aromatic carbocycles. The van der Waals surface area contributed by atoms with E-state index < -0.39 is 0 Å². The third kappa shape index (κ3) is 2.30. The predicted octanol–water partition coefficient (Wildman–Crippen LogP) is 3.11. The second-order valence-corrected chi connectivity index (χ2v) is 5.39. The Balaban J connectivity index is 2.07. The van der Waals surface area contributed by atoms with Gasteiger partial charge in [-0.3, -0.25) is 0 Å². The van der Waals surface area contributed by atoms with Crippen LogP contribution in [0.15, 0.2) is 27.8 Å². The first-order valence-corrected chi connectivity index (χ1v) is 6.33. The van der Waals surface area contributed by atoms with Gasteiger partial charge in [-0.05, 0) is 41.4 Å². The standard InChI is InChI=1S/C10H12BrNOS/c1-7-9(4-6-13-7)14-10-8(11)3-2-5-12-10/h2-3,5,7,9H,4,6H2,1H3. The van der Waals surface area contributed by atoms with Crippen molar-refractivity contribution < 1.29 is 4.74 Å². The molecule has 1 fully saturated rings. The number of pyridine rings is 1. The third-order valence-electron chi connectivity index (χ3n) is 2.29. The average Bonchev–Trinajstić information content (AvgIpc) is 2.56. The number of nitrogens with zero attached hydrogens (tertiary/aromatic N) is 1. The SMILES string of the molecule is CC1OCCC1Sc1ncccc1Br. The first-order valence-electron chi connectivity index (χ1n) is 4.66. The minimum absolute atomic E-state index is 0.342. The third-order valence-corrected chi connectivity index (χ3v) is 4.67. The highest BCUT2D eigenvalue weighted by molar-refractivity contribution is 9.10. The van der Waals surface area contributed by atoms with Crippen LogP contribution in [0.4, 0.5) is 0 Å². The first kappa shape index (κ1) is 10.5. The lowest BCUT2D eigenvalue weighted by atomic mass is 10.3. The van der Waals surface area contributed by atoms with E-state index >= 15 is 0 Å². The van der Waals surface area contributed by atoms with Gasteiger partial charge in [-0.25, -0.2) is 4.98 Å². The normalized spacial score (nSPS) is 26.7. The summed E-state index contributed by atoms with van der Waals surface area (Å²) in [6, 6.07) is 3.96. The maximum atomic E-state index is 5.51. The fourth-order valence-electron chi connectivity index (χ4n) is 1.47. The summed E-state index contributed by atoms with van der Waals surface area (Å²) in [5.74, 6) is 0. The predicted molar refractivity (Wildman–Crippen MR) is 61.6 cm³/mol. The van der Waals surface area contributed by atoms with Crippen molar-refractivity contribution in [1.29, 1.82) is 0 Å². The maximum absolute atomic E-state index is 5.51. The van der Waals surface area contributed by atoms with Crippen LogP contribution < -0.4 is 0 Å². The molecule has 0 aliphatic carbocycles. The van der Waals surface area contributed by atoms with Crippen molar-refractivity contribution >= 4 is 27.7 Å². The van der Waals surface area contributed by atoms with Crippen molar-refractivity contribution in [1.82, 2.24) is 4.98 Å². The second-order valence-electron chi connectivity index (χ2n) is 3.31. The molecule has 0 saturated carbocycles. The quantitative estimate of drug-likeness (QED) is 0.827. The zero-order chi connectivity index (χ0) is 9.97. The van der Waals surface area contributed by atoms with Crippen molar-refractivity contribution in [2.45, 2.75) is 29.7 Å². The summed E-state index contributed by atoms with van der Waals surface area (Å²) >= 11 is 5.30. The van der Waals surface area contributed by atoms with Gasteiger partial charge in [-0.15, -0.1) is 0 Å². The highest BCUT2D eigenvalue weighted by Gasteiger charge is 2.26. The van der Waals surface area contributed by atoms with E-state index in [9.17, 15) is 0 Å². The molecule has 0 radical (unpaired) electrons. The summed E-state index contributed by atoms with van der Waals surface area (Å²) < 4.78 is 6.59. The fraction of sp³-hybridized carbons (Fsp3) is 0.500. The van der Waals surface area contributed by atoms with Crippen LogP contribution in [0, 0.1) is 0 Å². The minimum atomic E-state index is 0.342. The topological polar surface area (TPSA) is 22.1 Å². The van der Waals surface area contributed by atoms with Gasteiger partial charge in [0.05, 0.1) is 6.10 Å². The average molecular weight is 274 g/mol. The Hall–Kier alpha value is -0.0600. The zero-order valence-corrected chi connectivity index (χ0v) is 10.3. The van der Waals surface area contributed by atoms with E-state index in [0.29, 0.717) is 11.4 Å². The molecule has 14 heavy (non-hydrogen) atoms. The van der Waals surface area contributed by atoms with E-state index in [2.05, 4.69) is 27.8 Å². The van der Waals surface area contributed by atoms with Crippen LogP contribution in [0.2, 0.25) is 0 Å². The van der Waals surface area contributed by atoms with Crippen molar-refractivity contribution in [2.24, 2.45) is 0 Å². The molecule has 1 saturated heterocycles. The van der Waals surface area contributed by atoms with Crippen LogP contribution >= 0.6 is 27.7 Å². The van der Waals surface area contributed by atoms with Crippen LogP contribution in [-0.2, 0) is 4.74 Å². The maximum Gasteiger partial charge on any atom is 0.111 e. The molecule has 76 valence electrons. The molecule has 0 N–H and O–H groups in total. The van der Waals surface area contributed by atoms with Gasteiger partial charge in [0.15, 0.2) is 0 Å². The highest BCUT2D eigenvalue weighted by Crippen LogP contribution is 2.34. The smallest absolute Gasteiger partial charge is 0.111 e. The Kier molecular flexibility index (Phi) is 3.47. The molecule has 2 unspecified atom stereocenters. The molecular formula is C10H12BrNOS. The molecule has 0 amide bonds. The molecule has 2 heterocycles. The van der Waals surface area contributed by atoms with Gasteiger partial charge in [-0.1, -0.05) is 11.8 Å². The van der Waals surface area contributed by atoms with Crippen molar-refractivity contribution in [2.75, 3.05) is 6.61 Å².